The van der Waals surface area contributed by atoms with Gasteiger partial charge < -0.3 is 9.15 Å². The molecule has 0 saturated carbocycles. The van der Waals surface area contributed by atoms with Gasteiger partial charge in [0, 0.05) is 11.8 Å². The average molecular weight is 425 g/mol. The van der Waals surface area contributed by atoms with Gasteiger partial charge in [0.1, 0.15) is 22.9 Å². The summed E-state index contributed by atoms with van der Waals surface area (Å²) in [6.45, 7) is 0. The summed E-state index contributed by atoms with van der Waals surface area (Å²) in [5, 5.41) is 0.171. The van der Waals surface area contributed by atoms with E-state index >= 15 is 0 Å². The van der Waals surface area contributed by atoms with Crippen LogP contribution in [0.5, 0.6) is 5.75 Å². The van der Waals surface area contributed by atoms with E-state index < -0.39 is 21.3 Å². The Kier molecular flexibility index (Phi) is 5.01. The second-order valence-electron chi connectivity index (χ2n) is 6.45. The van der Waals surface area contributed by atoms with Gasteiger partial charge in [-0.2, -0.15) is 0 Å². The molecule has 1 aromatic heterocycles. The van der Waals surface area contributed by atoms with Crippen molar-refractivity contribution in [1.29, 1.82) is 0 Å². The van der Waals surface area contributed by atoms with Crippen molar-refractivity contribution in [2.45, 2.75) is 4.90 Å². The number of fused-ring (bicyclic) bond motifs is 1. The van der Waals surface area contributed by atoms with E-state index in [0.717, 1.165) is 0 Å². The van der Waals surface area contributed by atoms with Crippen LogP contribution >= 0.6 is 0 Å². The summed E-state index contributed by atoms with van der Waals surface area (Å²) in [6.07, 6.45) is 0. The fourth-order valence-electron chi connectivity index (χ4n) is 2.98. The molecule has 0 bridgehead atoms. The molecule has 0 unspecified atom stereocenters. The third kappa shape index (κ3) is 3.77. The molecule has 0 aliphatic rings. The Hall–Kier alpha value is -3.65. The predicted octanol–water partition coefficient (Wildman–Crippen LogP) is 4.41. The maximum atomic E-state index is 14.0. The highest BCUT2D eigenvalue weighted by atomic mass is 32.2. The molecular weight excluding hydrogens is 409 g/mol. The van der Waals surface area contributed by atoms with Crippen molar-refractivity contribution < 1.29 is 22.0 Å². The van der Waals surface area contributed by atoms with Gasteiger partial charge in [-0.3, -0.25) is 9.52 Å². The first-order valence-electron chi connectivity index (χ1n) is 8.87. The van der Waals surface area contributed by atoms with Crippen LogP contribution in [-0.2, 0) is 10.0 Å². The van der Waals surface area contributed by atoms with Crippen LogP contribution in [0.4, 0.5) is 10.1 Å². The molecule has 4 aromatic rings. The first-order valence-corrected chi connectivity index (χ1v) is 10.4. The van der Waals surface area contributed by atoms with Gasteiger partial charge in [-0.05, 0) is 54.6 Å². The molecule has 0 spiro atoms. The lowest BCUT2D eigenvalue weighted by Crippen LogP contribution is -2.13. The van der Waals surface area contributed by atoms with E-state index in [1.54, 1.807) is 12.1 Å². The number of benzene rings is 3. The highest BCUT2D eigenvalue weighted by molar-refractivity contribution is 7.92. The molecule has 0 fully saturated rings. The molecule has 0 atom stereocenters. The van der Waals surface area contributed by atoms with E-state index in [1.165, 1.54) is 67.8 Å². The lowest BCUT2D eigenvalue weighted by Gasteiger charge is -2.10. The van der Waals surface area contributed by atoms with Crippen molar-refractivity contribution in [2.75, 3.05) is 11.8 Å². The number of ether oxygens (including phenoxy) is 1. The van der Waals surface area contributed by atoms with Crippen molar-refractivity contribution in [3.63, 3.8) is 0 Å². The smallest absolute Gasteiger partial charge is 0.261 e. The van der Waals surface area contributed by atoms with Gasteiger partial charge in [0.2, 0.25) is 0 Å². The van der Waals surface area contributed by atoms with E-state index in [1.807, 2.05) is 0 Å². The van der Waals surface area contributed by atoms with E-state index in [2.05, 4.69) is 4.72 Å². The number of hydrogen-bond donors (Lipinski definition) is 1. The molecule has 0 aliphatic carbocycles. The van der Waals surface area contributed by atoms with Crippen LogP contribution in [-0.4, -0.2) is 15.5 Å². The van der Waals surface area contributed by atoms with Gasteiger partial charge in [-0.25, -0.2) is 12.8 Å². The molecule has 0 amide bonds. The van der Waals surface area contributed by atoms with Gasteiger partial charge >= 0.3 is 0 Å². The number of sulfonamides is 1. The maximum absolute atomic E-state index is 14.0. The number of halogens is 1. The topological polar surface area (TPSA) is 85.6 Å². The molecular formula is C22H16FNO5S. The summed E-state index contributed by atoms with van der Waals surface area (Å²) in [4.78, 5) is 12.6. The van der Waals surface area contributed by atoms with Crippen molar-refractivity contribution in [1.82, 2.24) is 0 Å². The Morgan fingerprint density at radius 2 is 1.70 bits per heavy atom. The van der Waals surface area contributed by atoms with Crippen LogP contribution < -0.4 is 14.9 Å². The highest BCUT2D eigenvalue weighted by Crippen LogP contribution is 2.27. The zero-order valence-electron chi connectivity index (χ0n) is 15.8. The van der Waals surface area contributed by atoms with Gasteiger partial charge in [-0.15, -0.1) is 0 Å². The van der Waals surface area contributed by atoms with Crippen molar-refractivity contribution in [3.05, 3.63) is 88.8 Å². The summed E-state index contributed by atoms with van der Waals surface area (Å²) in [7, 11) is -2.38. The minimum Gasteiger partial charge on any atom is -0.497 e. The van der Waals surface area contributed by atoms with Crippen LogP contribution in [0.3, 0.4) is 0 Å². The van der Waals surface area contributed by atoms with E-state index in [4.69, 9.17) is 9.15 Å². The molecule has 30 heavy (non-hydrogen) atoms. The molecule has 8 heteroatoms. The Balaban J connectivity index is 1.70. The van der Waals surface area contributed by atoms with Crippen LogP contribution in [0.2, 0.25) is 0 Å². The van der Waals surface area contributed by atoms with Crippen LogP contribution in [0.25, 0.3) is 22.3 Å². The molecule has 6 nitrogen and oxygen atoms in total. The summed E-state index contributed by atoms with van der Waals surface area (Å²) in [5.41, 5.74) is 0.165. The molecule has 1 heterocycles. The number of methoxy groups -OCH3 is 1. The number of hydrogen-bond acceptors (Lipinski definition) is 5. The normalized spacial score (nSPS) is 11.4. The number of anilines is 1. The quantitative estimate of drug-likeness (QED) is 0.512. The minimum absolute atomic E-state index is 0.0466. The molecule has 3 aromatic carbocycles. The minimum atomic E-state index is -3.86. The average Bonchev–Trinajstić information content (AvgIpc) is 2.74. The van der Waals surface area contributed by atoms with Crippen molar-refractivity contribution in [3.8, 4) is 17.1 Å². The van der Waals surface area contributed by atoms with Crippen molar-refractivity contribution >= 4 is 26.7 Å². The molecule has 1 N–H and O–H groups in total. The van der Waals surface area contributed by atoms with Crippen LogP contribution in [0.1, 0.15) is 0 Å². The van der Waals surface area contributed by atoms with E-state index in [9.17, 15) is 17.6 Å². The summed E-state index contributed by atoms with van der Waals surface area (Å²) in [6, 6.07) is 17.4. The molecule has 4 rings (SSSR count). The van der Waals surface area contributed by atoms with Gasteiger partial charge in [0.15, 0.2) is 5.43 Å². The Morgan fingerprint density at radius 1 is 0.967 bits per heavy atom. The molecule has 0 saturated heterocycles. The highest BCUT2D eigenvalue weighted by Gasteiger charge is 2.16. The third-order valence-corrected chi connectivity index (χ3v) is 5.89. The monoisotopic (exact) mass is 425 g/mol. The Bertz CT molecular complexity index is 1400. The standard InChI is InChI=1S/C22H16FNO5S/c1-28-15-7-9-16(10-8-15)30(26,27)24-14-6-11-21-18(12-14)20(25)13-22(29-21)17-4-2-3-5-19(17)23/h2-13,24H,1H3. The predicted molar refractivity (Wildman–Crippen MR) is 112 cm³/mol. The molecule has 152 valence electrons. The number of rotatable bonds is 5. The lowest BCUT2D eigenvalue weighted by atomic mass is 10.1. The fraction of sp³-hybridized carbons (Fsp3) is 0.0455. The van der Waals surface area contributed by atoms with Gasteiger partial charge in [0.25, 0.3) is 10.0 Å². The molecule has 0 aliphatic heterocycles. The Labute approximate surface area is 171 Å². The largest absolute Gasteiger partial charge is 0.497 e. The van der Waals surface area contributed by atoms with E-state index in [-0.39, 0.29) is 32.9 Å². The summed E-state index contributed by atoms with van der Waals surface area (Å²) >= 11 is 0. The third-order valence-electron chi connectivity index (χ3n) is 4.49. The van der Waals surface area contributed by atoms with Crippen LogP contribution in [0.15, 0.2) is 86.9 Å². The van der Waals surface area contributed by atoms with Gasteiger partial charge in [-0.1, -0.05) is 12.1 Å². The molecule has 0 radical (unpaired) electrons. The zero-order chi connectivity index (χ0) is 21.3. The zero-order valence-corrected chi connectivity index (χ0v) is 16.6. The second-order valence-corrected chi connectivity index (χ2v) is 8.13. The Morgan fingerprint density at radius 3 is 2.40 bits per heavy atom. The fourth-order valence-corrected chi connectivity index (χ4v) is 4.03. The summed E-state index contributed by atoms with van der Waals surface area (Å²) < 4.78 is 52.4. The summed E-state index contributed by atoms with van der Waals surface area (Å²) in [5.74, 6) is 0.115. The van der Waals surface area contributed by atoms with Crippen LogP contribution in [0, 0.1) is 5.82 Å². The lowest BCUT2D eigenvalue weighted by molar-refractivity contribution is 0.414. The first-order chi connectivity index (χ1) is 14.4. The van der Waals surface area contributed by atoms with Gasteiger partial charge in [0.05, 0.1) is 23.0 Å². The number of nitrogens with one attached hydrogen (secondary N) is 1. The first kappa shape index (κ1) is 19.7. The SMILES string of the molecule is COc1ccc(S(=O)(=O)Nc2ccc3oc(-c4ccccc4F)cc(=O)c3c2)cc1. The maximum Gasteiger partial charge on any atom is 0.261 e. The van der Waals surface area contributed by atoms with Crippen molar-refractivity contribution in [2.24, 2.45) is 0 Å². The second kappa shape index (κ2) is 7.64. The van der Waals surface area contributed by atoms with E-state index in [0.29, 0.717) is 5.75 Å².